The second-order valence-electron chi connectivity index (χ2n) is 3.11. The first-order valence-corrected chi connectivity index (χ1v) is 4.52. The van der Waals surface area contributed by atoms with Crippen LogP contribution < -0.4 is 5.63 Å². The van der Waals surface area contributed by atoms with E-state index in [2.05, 4.69) is 0 Å². The summed E-state index contributed by atoms with van der Waals surface area (Å²) < 4.78 is 5.95. The third-order valence-electron chi connectivity index (χ3n) is 2.02. The first-order chi connectivity index (χ1) is 6.57. The Kier molecular flexibility index (Phi) is 3.11. The summed E-state index contributed by atoms with van der Waals surface area (Å²) in [5.74, 6) is -1.12. The van der Waals surface area contributed by atoms with Crippen LogP contribution in [0.2, 0.25) is 0 Å². The maximum absolute atomic E-state index is 11.1. The van der Waals surface area contributed by atoms with E-state index >= 15 is 0 Å². The van der Waals surface area contributed by atoms with Crippen LogP contribution in [0.1, 0.15) is 35.8 Å². The van der Waals surface area contributed by atoms with Crippen LogP contribution in [0.4, 0.5) is 0 Å². The van der Waals surface area contributed by atoms with Gasteiger partial charge in [-0.25, -0.2) is 9.59 Å². The molecular weight excluding hydrogens is 186 g/mol. The number of rotatable bonds is 4. The maximum atomic E-state index is 11.1. The number of aromatic nitrogens is 1. The molecule has 1 N–H and O–H groups in total. The normalized spacial score (nSPS) is 10.4. The van der Waals surface area contributed by atoms with Crippen LogP contribution >= 0.6 is 0 Å². The van der Waals surface area contributed by atoms with Gasteiger partial charge in [-0.3, -0.25) is 0 Å². The van der Waals surface area contributed by atoms with Crippen molar-refractivity contribution in [1.29, 1.82) is 0 Å². The van der Waals surface area contributed by atoms with Gasteiger partial charge in [-0.15, -0.1) is 0 Å². The second-order valence-corrected chi connectivity index (χ2v) is 3.11. The lowest BCUT2D eigenvalue weighted by Crippen LogP contribution is -2.09. The highest BCUT2D eigenvalue weighted by Gasteiger charge is 2.19. The summed E-state index contributed by atoms with van der Waals surface area (Å²) in [6.45, 7) is 3.87. The molecule has 1 heterocycles. The first-order valence-electron chi connectivity index (χ1n) is 4.52. The fourth-order valence-corrected chi connectivity index (χ4v) is 1.22. The van der Waals surface area contributed by atoms with Crippen molar-refractivity contribution >= 4 is 5.97 Å². The maximum Gasteiger partial charge on any atom is 0.361 e. The third kappa shape index (κ3) is 1.86. The Morgan fingerprint density at radius 2 is 2.21 bits per heavy atom. The van der Waals surface area contributed by atoms with Gasteiger partial charge in [-0.2, -0.15) is 4.74 Å². The molecule has 5 heteroatoms. The smallest absolute Gasteiger partial charge is 0.361 e. The van der Waals surface area contributed by atoms with Gasteiger partial charge in [0.1, 0.15) is 0 Å². The van der Waals surface area contributed by atoms with Gasteiger partial charge in [0.2, 0.25) is 0 Å². The number of carbonyl (C=O) groups is 1. The van der Waals surface area contributed by atoms with Crippen LogP contribution in [-0.2, 0) is 6.54 Å². The fraction of sp³-hybridized carbons (Fsp3) is 0.556. The lowest BCUT2D eigenvalue weighted by Gasteiger charge is -2.01. The van der Waals surface area contributed by atoms with Crippen molar-refractivity contribution in [3.8, 4) is 0 Å². The molecule has 0 saturated carbocycles. The number of aromatic carboxylic acids is 1. The lowest BCUT2D eigenvalue weighted by atomic mass is 10.2. The molecule has 0 spiro atoms. The standard InChI is InChI=1S/C9H13NO4/c1-3-4-5-10-7(8(11)12)6(2)9(13)14-10/h3-5H2,1-2H3,(H,11,12). The molecule has 0 aliphatic carbocycles. The molecule has 0 fully saturated rings. The summed E-state index contributed by atoms with van der Waals surface area (Å²) in [7, 11) is 0. The number of carboxylic acids is 1. The number of aryl methyl sites for hydroxylation is 1. The molecule has 78 valence electrons. The van der Waals surface area contributed by atoms with E-state index in [0.29, 0.717) is 6.54 Å². The summed E-state index contributed by atoms with van der Waals surface area (Å²) >= 11 is 0. The zero-order valence-corrected chi connectivity index (χ0v) is 8.24. The molecule has 1 rings (SSSR count). The SMILES string of the molecule is CCCCn1oc(=O)c(C)c1C(=O)O. The lowest BCUT2D eigenvalue weighted by molar-refractivity contribution is 0.0666. The Morgan fingerprint density at radius 1 is 1.57 bits per heavy atom. The van der Waals surface area contributed by atoms with Gasteiger partial charge in [0.05, 0.1) is 12.1 Å². The van der Waals surface area contributed by atoms with Gasteiger partial charge in [-0.05, 0) is 13.3 Å². The van der Waals surface area contributed by atoms with Crippen LogP contribution in [0.3, 0.4) is 0 Å². The fourth-order valence-electron chi connectivity index (χ4n) is 1.22. The molecule has 1 aromatic heterocycles. The molecule has 0 radical (unpaired) electrons. The Balaban J connectivity index is 3.09. The molecule has 0 amide bonds. The monoisotopic (exact) mass is 199 g/mol. The molecule has 14 heavy (non-hydrogen) atoms. The Morgan fingerprint density at radius 3 is 2.71 bits per heavy atom. The Labute approximate surface area is 80.9 Å². The number of hydrogen-bond acceptors (Lipinski definition) is 3. The number of nitrogens with zero attached hydrogens (tertiary/aromatic N) is 1. The quantitative estimate of drug-likeness (QED) is 0.792. The Hall–Kier alpha value is -1.52. The molecule has 1 aromatic rings. The number of hydrogen-bond donors (Lipinski definition) is 1. The highest BCUT2D eigenvalue weighted by Crippen LogP contribution is 2.06. The molecule has 0 saturated heterocycles. The zero-order chi connectivity index (χ0) is 10.7. The van der Waals surface area contributed by atoms with Crippen LogP contribution in [0.15, 0.2) is 9.32 Å². The molecule has 0 aliphatic heterocycles. The van der Waals surface area contributed by atoms with Gasteiger partial charge in [0.15, 0.2) is 5.69 Å². The average Bonchev–Trinajstić information content (AvgIpc) is 2.39. The van der Waals surface area contributed by atoms with Crippen molar-refractivity contribution in [2.75, 3.05) is 0 Å². The largest absolute Gasteiger partial charge is 0.476 e. The molecule has 0 aliphatic rings. The van der Waals surface area contributed by atoms with E-state index in [-0.39, 0.29) is 11.3 Å². The van der Waals surface area contributed by atoms with Crippen LogP contribution in [0, 0.1) is 6.92 Å². The van der Waals surface area contributed by atoms with E-state index in [4.69, 9.17) is 9.63 Å². The van der Waals surface area contributed by atoms with Crippen molar-refractivity contribution in [2.24, 2.45) is 0 Å². The summed E-state index contributed by atoms with van der Waals surface area (Å²) in [5, 5.41) is 8.84. The number of carboxylic acid groups (broad SMARTS) is 1. The van der Waals surface area contributed by atoms with Crippen molar-refractivity contribution in [3.05, 3.63) is 21.7 Å². The Bertz CT molecular complexity index is 388. The van der Waals surface area contributed by atoms with E-state index in [1.807, 2.05) is 6.92 Å². The van der Waals surface area contributed by atoms with Gasteiger partial charge in [0, 0.05) is 0 Å². The van der Waals surface area contributed by atoms with Gasteiger partial charge >= 0.3 is 11.6 Å². The molecule has 0 aromatic carbocycles. The predicted octanol–water partition coefficient (Wildman–Crippen LogP) is 1.25. The summed E-state index contributed by atoms with van der Waals surface area (Å²) in [6, 6.07) is 0. The van der Waals surface area contributed by atoms with E-state index in [1.165, 1.54) is 6.92 Å². The van der Waals surface area contributed by atoms with Crippen LogP contribution in [0.5, 0.6) is 0 Å². The highest BCUT2D eigenvalue weighted by molar-refractivity contribution is 5.86. The zero-order valence-electron chi connectivity index (χ0n) is 8.24. The van der Waals surface area contributed by atoms with Gasteiger partial charge in [0.25, 0.3) is 0 Å². The minimum Gasteiger partial charge on any atom is -0.476 e. The van der Waals surface area contributed by atoms with Crippen LogP contribution in [-0.4, -0.2) is 15.8 Å². The van der Waals surface area contributed by atoms with E-state index in [1.54, 1.807) is 0 Å². The van der Waals surface area contributed by atoms with Crippen molar-refractivity contribution < 1.29 is 14.4 Å². The van der Waals surface area contributed by atoms with Crippen molar-refractivity contribution in [3.63, 3.8) is 0 Å². The first kappa shape index (κ1) is 10.6. The predicted molar refractivity (Wildman–Crippen MR) is 49.6 cm³/mol. The van der Waals surface area contributed by atoms with Crippen LogP contribution in [0.25, 0.3) is 0 Å². The second kappa shape index (κ2) is 4.13. The van der Waals surface area contributed by atoms with E-state index < -0.39 is 11.6 Å². The molecule has 0 bridgehead atoms. The van der Waals surface area contributed by atoms with E-state index in [0.717, 1.165) is 17.6 Å². The topological polar surface area (TPSA) is 72.4 Å². The van der Waals surface area contributed by atoms with Gasteiger partial charge in [-0.1, -0.05) is 13.3 Å². The molecule has 0 unspecified atom stereocenters. The highest BCUT2D eigenvalue weighted by atomic mass is 16.5. The summed E-state index contributed by atoms with van der Waals surface area (Å²) in [5.41, 5.74) is -0.449. The van der Waals surface area contributed by atoms with Crippen molar-refractivity contribution in [2.45, 2.75) is 33.2 Å². The average molecular weight is 199 g/mol. The van der Waals surface area contributed by atoms with Crippen molar-refractivity contribution in [1.82, 2.24) is 4.74 Å². The molecule has 0 atom stereocenters. The molecular formula is C9H13NO4. The number of unbranched alkanes of at least 4 members (excludes halogenated alkanes) is 1. The minimum atomic E-state index is -1.12. The summed E-state index contributed by atoms with van der Waals surface area (Å²) in [4.78, 5) is 21.9. The summed E-state index contributed by atoms with van der Waals surface area (Å²) in [6.07, 6.45) is 1.71. The van der Waals surface area contributed by atoms with E-state index in [9.17, 15) is 9.59 Å². The third-order valence-corrected chi connectivity index (χ3v) is 2.02. The minimum absolute atomic E-state index is 0.0385. The molecule has 5 nitrogen and oxygen atoms in total. The van der Waals surface area contributed by atoms with Gasteiger partial charge < -0.3 is 9.63 Å².